The molecule has 2 N–H and O–H groups in total. The molecule has 0 bridgehead atoms. The highest BCUT2D eigenvalue weighted by atomic mass is 32.2. The summed E-state index contributed by atoms with van der Waals surface area (Å²) in [5.41, 5.74) is 0.965. The van der Waals surface area contributed by atoms with Crippen LogP contribution in [0.2, 0.25) is 0 Å². The van der Waals surface area contributed by atoms with Crippen LogP contribution in [-0.4, -0.2) is 32.9 Å². The van der Waals surface area contributed by atoms with E-state index in [0.717, 1.165) is 37.9 Å². The first-order valence-corrected chi connectivity index (χ1v) is 10.4. The van der Waals surface area contributed by atoms with Gasteiger partial charge in [-0.25, -0.2) is 4.98 Å². The smallest absolute Gasteiger partial charge is 0.251 e. The summed E-state index contributed by atoms with van der Waals surface area (Å²) in [5.74, 6) is 1.47. The van der Waals surface area contributed by atoms with E-state index in [1.807, 2.05) is 18.4 Å². The molecule has 1 aliphatic carbocycles. The molecule has 1 aliphatic rings. The van der Waals surface area contributed by atoms with Crippen LogP contribution >= 0.6 is 11.8 Å². The molecule has 0 radical (unpaired) electrons. The van der Waals surface area contributed by atoms with Crippen molar-refractivity contribution < 1.29 is 4.79 Å². The topological polar surface area (TPSA) is 87.7 Å². The van der Waals surface area contributed by atoms with Crippen molar-refractivity contribution in [3.05, 3.63) is 46.5 Å². The van der Waals surface area contributed by atoms with Gasteiger partial charge in [-0.3, -0.25) is 14.6 Å². The number of hydrogen-bond donors (Lipinski definition) is 2. The average molecular weight is 372 g/mol. The van der Waals surface area contributed by atoms with Gasteiger partial charge in [0.15, 0.2) is 5.82 Å². The molecular formula is C19H24N4O2S. The van der Waals surface area contributed by atoms with Crippen molar-refractivity contribution in [3.63, 3.8) is 0 Å². The number of pyridine rings is 1. The monoisotopic (exact) mass is 372 g/mol. The Kier molecular flexibility index (Phi) is 6.44. The number of amides is 1. The van der Waals surface area contributed by atoms with Gasteiger partial charge in [-0.2, -0.15) is 11.8 Å². The minimum Gasteiger partial charge on any atom is -0.347 e. The fraction of sp³-hybridized carbons (Fsp3) is 0.474. The van der Waals surface area contributed by atoms with Crippen LogP contribution in [0.3, 0.4) is 0 Å². The number of carbonyl (C=O) groups excluding carboxylic acids is 1. The van der Waals surface area contributed by atoms with Crippen LogP contribution < -0.4 is 10.9 Å². The fourth-order valence-corrected chi connectivity index (χ4v) is 3.76. The quantitative estimate of drug-likeness (QED) is 0.780. The van der Waals surface area contributed by atoms with E-state index in [9.17, 15) is 9.59 Å². The first-order chi connectivity index (χ1) is 12.7. The molecule has 0 aliphatic heterocycles. The zero-order valence-electron chi connectivity index (χ0n) is 14.9. The van der Waals surface area contributed by atoms with Crippen molar-refractivity contribution in [2.45, 2.75) is 38.1 Å². The third-order valence-corrected chi connectivity index (χ3v) is 5.32. The van der Waals surface area contributed by atoms with E-state index < -0.39 is 0 Å². The number of carbonyl (C=O) groups is 1. The molecule has 138 valence electrons. The number of nitrogens with one attached hydrogen (secondary N) is 2. The fourth-order valence-electron chi connectivity index (χ4n) is 3.29. The summed E-state index contributed by atoms with van der Waals surface area (Å²) in [6.45, 7) is 0. The van der Waals surface area contributed by atoms with Gasteiger partial charge in [0, 0.05) is 18.2 Å². The second kappa shape index (κ2) is 8.98. The van der Waals surface area contributed by atoms with Crippen molar-refractivity contribution >= 4 is 17.7 Å². The summed E-state index contributed by atoms with van der Waals surface area (Å²) in [4.78, 5) is 36.3. The molecule has 7 heteroatoms. The number of rotatable bonds is 7. The number of hydrogen-bond acceptors (Lipinski definition) is 5. The summed E-state index contributed by atoms with van der Waals surface area (Å²) in [6.07, 6.45) is 8.54. The van der Waals surface area contributed by atoms with Gasteiger partial charge in [0.1, 0.15) is 5.69 Å². The molecule has 1 fully saturated rings. The lowest BCUT2D eigenvalue weighted by molar-refractivity contribution is -0.125. The number of nitrogens with zero attached hydrogens (tertiary/aromatic N) is 2. The van der Waals surface area contributed by atoms with Crippen molar-refractivity contribution in [1.29, 1.82) is 0 Å². The average Bonchev–Trinajstić information content (AvgIpc) is 3.20. The zero-order valence-corrected chi connectivity index (χ0v) is 15.7. The third kappa shape index (κ3) is 4.72. The Labute approximate surface area is 157 Å². The van der Waals surface area contributed by atoms with Crippen molar-refractivity contribution in [2.24, 2.45) is 5.92 Å². The Morgan fingerprint density at radius 2 is 2.19 bits per heavy atom. The molecule has 3 rings (SSSR count). The molecule has 2 aromatic heterocycles. The van der Waals surface area contributed by atoms with Gasteiger partial charge in [0.05, 0.1) is 11.7 Å². The molecular weight excluding hydrogens is 348 g/mol. The Morgan fingerprint density at radius 1 is 1.38 bits per heavy atom. The first kappa shape index (κ1) is 18.6. The second-order valence-corrected chi connectivity index (χ2v) is 7.54. The van der Waals surface area contributed by atoms with Crippen molar-refractivity contribution in [1.82, 2.24) is 20.3 Å². The molecule has 2 aromatic rings. The Balaban J connectivity index is 1.86. The molecule has 2 heterocycles. The van der Waals surface area contributed by atoms with E-state index in [1.54, 1.807) is 24.0 Å². The van der Waals surface area contributed by atoms with Crippen molar-refractivity contribution in [3.8, 4) is 11.5 Å². The third-order valence-electron chi connectivity index (χ3n) is 4.68. The standard InChI is InChI=1S/C19H24N4O2S/c1-26-11-9-14(22-19(25)13-6-2-3-7-13)16-12-17(24)23-18(21-16)15-8-4-5-10-20-15/h4-5,8,10,12-14H,2-3,6-7,9,11H2,1H3,(H,22,25)(H,21,23,24)/t14-/m1/s1. The number of aromatic amines is 1. The maximum atomic E-state index is 12.6. The number of H-pyrrole nitrogens is 1. The SMILES string of the molecule is CSCC[C@@H](NC(=O)C1CCCC1)c1cc(=O)[nH]c(-c2ccccn2)n1. The summed E-state index contributed by atoms with van der Waals surface area (Å²) >= 11 is 1.71. The molecule has 0 unspecified atom stereocenters. The van der Waals surface area contributed by atoms with E-state index >= 15 is 0 Å². The Hall–Kier alpha value is -2.15. The van der Waals surface area contributed by atoms with Gasteiger partial charge in [-0.15, -0.1) is 0 Å². The van der Waals surface area contributed by atoms with E-state index in [0.29, 0.717) is 17.2 Å². The van der Waals surface area contributed by atoms with Crippen LogP contribution in [0.25, 0.3) is 11.5 Å². The highest BCUT2D eigenvalue weighted by molar-refractivity contribution is 7.98. The zero-order chi connectivity index (χ0) is 18.4. The number of thioether (sulfide) groups is 1. The predicted octanol–water partition coefficient (Wildman–Crippen LogP) is 2.93. The summed E-state index contributed by atoms with van der Waals surface area (Å²) in [7, 11) is 0. The summed E-state index contributed by atoms with van der Waals surface area (Å²) in [6, 6.07) is 6.68. The Bertz CT molecular complexity index is 788. The van der Waals surface area contributed by atoms with Gasteiger partial charge in [-0.05, 0) is 43.4 Å². The van der Waals surface area contributed by atoms with Gasteiger partial charge < -0.3 is 10.3 Å². The summed E-state index contributed by atoms with van der Waals surface area (Å²) < 4.78 is 0. The highest BCUT2D eigenvalue weighted by Gasteiger charge is 2.26. The predicted molar refractivity (Wildman–Crippen MR) is 104 cm³/mol. The van der Waals surface area contributed by atoms with Crippen LogP contribution in [-0.2, 0) is 4.79 Å². The van der Waals surface area contributed by atoms with E-state index in [2.05, 4.69) is 20.3 Å². The minimum atomic E-state index is -0.264. The molecule has 1 saturated carbocycles. The van der Waals surface area contributed by atoms with Crippen LogP contribution in [0.4, 0.5) is 0 Å². The van der Waals surface area contributed by atoms with E-state index in [-0.39, 0.29) is 23.4 Å². The molecule has 0 aromatic carbocycles. The minimum absolute atomic E-state index is 0.0788. The highest BCUT2D eigenvalue weighted by Crippen LogP contribution is 2.26. The molecule has 26 heavy (non-hydrogen) atoms. The van der Waals surface area contributed by atoms with Crippen LogP contribution in [0.1, 0.15) is 43.8 Å². The lowest BCUT2D eigenvalue weighted by Crippen LogP contribution is -2.34. The molecule has 1 amide bonds. The van der Waals surface area contributed by atoms with Gasteiger partial charge >= 0.3 is 0 Å². The van der Waals surface area contributed by atoms with E-state index in [1.165, 1.54) is 6.07 Å². The lowest BCUT2D eigenvalue weighted by atomic mass is 10.1. The van der Waals surface area contributed by atoms with Crippen LogP contribution in [0.5, 0.6) is 0 Å². The molecule has 0 spiro atoms. The lowest BCUT2D eigenvalue weighted by Gasteiger charge is -2.20. The number of aromatic nitrogens is 3. The van der Waals surface area contributed by atoms with Crippen molar-refractivity contribution in [2.75, 3.05) is 12.0 Å². The maximum Gasteiger partial charge on any atom is 0.251 e. The molecule has 0 saturated heterocycles. The van der Waals surface area contributed by atoms with Crippen LogP contribution in [0.15, 0.2) is 35.3 Å². The molecule has 6 nitrogen and oxygen atoms in total. The van der Waals surface area contributed by atoms with E-state index in [4.69, 9.17) is 0 Å². The van der Waals surface area contributed by atoms with Gasteiger partial charge in [0.25, 0.3) is 5.56 Å². The molecule has 1 atom stereocenters. The normalized spacial score (nSPS) is 15.7. The van der Waals surface area contributed by atoms with Gasteiger partial charge in [-0.1, -0.05) is 18.9 Å². The summed E-state index contributed by atoms with van der Waals surface area (Å²) in [5, 5.41) is 3.13. The first-order valence-electron chi connectivity index (χ1n) is 8.99. The maximum absolute atomic E-state index is 12.6. The van der Waals surface area contributed by atoms with Gasteiger partial charge in [0.2, 0.25) is 5.91 Å². The Morgan fingerprint density at radius 3 is 2.88 bits per heavy atom. The largest absolute Gasteiger partial charge is 0.347 e. The second-order valence-electron chi connectivity index (χ2n) is 6.56. The van der Waals surface area contributed by atoms with Crippen LogP contribution in [0, 0.1) is 5.92 Å².